The van der Waals surface area contributed by atoms with Crippen molar-refractivity contribution in [2.75, 3.05) is 0 Å². The summed E-state index contributed by atoms with van der Waals surface area (Å²) in [4.78, 5) is 15.3. The van der Waals surface area contributed by atoms with E-state index in [1.165, 1.54) is 44.5 Å². The second kappa shape index (κ2) is 15.3. The molecule has 0 N–H and O–H groups in total. The van der Waals surface area contributed by atoms with Crippen LogP contribution in [-0.4, -0.2) is 15.0 Å². The van der Waals surface area contributed by atoms with Crippen LogP contribution >= 0.6 is 0 Å². The van der Waals surface area contributed by atoms with Crippen molar-refractivity contribution in [1.82, 2.24) is 15.0 Å². The van der Waals surface area contributed by atoms with Gasteiger partial charge in [-0.2, -0.15) is 0 Å². The van der Waals surface area contributed by atoms with E-state index >= 15 is 0 Å². The lowest BCUT2D eigenvalue weighted by atomic mass is 9.67. The monoisotopic (exact) mass is 777 g/mol. The van der Waals surface area contributed by atoms with Crippen molar-refractivity contribution < 1.29 is 0 Å². The van der Waals surface area contributed by atoms with Gasteiger partial charge in [0.25, 0.3) is 0 Å². The molecule has 0 radical (unpaired) electrons. The van der Waals surface area contributed by atoms with Crippen LogP contribution in [0.25, 0.3) is 78.7 Å². The average Bonchev–Trinajstić information content (AvgIpc) is 3.65. The average molecular weight is 778 g/mol. The van der Waals surface area contributed by atoms with E-state index in [4.69, 9.17) is 15.0 Å². The van der Waals surface area contributed by atoms with Crippen molar-refractivity contribution in [2.45, 2.75) is 5.41 Å². The van der Waals surface area contributed by atoms with Crippen molar-refractivity contribution in [3.8, 4) is 78.7 Å². The topological polar surface area (TPSA) is 38.7 Å². The van der Waals surface area contributed by atoms with Gasteiger partial charge in [-0.25, -0.2) is 15.0 Å². The number of rotatable bonds is 8. The van der Waals surface area contributed by atoms with Crippen molar-refractivity contribution in [3.63, 3.8) is 0 Å². The second-order valence-electron chi connectivity index (χ2n) is 15.6. The highest BCUT2D eigenvalue weighted by atomic mass is 15.0. The molecule has 286 valence electrons. The van der Waals surface area contributed by atoms with E-state index < -0.39 is 5.41 Å². The Labute approximate surface area is 356 Å². The zero-order chi connectivity index (χ0) is 40.6. The van der Waals surface area contributed by atoms with Crippen LogP contribution in [0.2, 0.25) is 0 Å². The largest absolute Gasteiger partial charge is 0.208 e. The maximum absolute atomic E-state index is 5.10. The van der Waals surface area contributed by atoms with E-state index in [1.54, 1.807) is 0 Å². The molecule has 0 amide bonds. The van der Waals surface area contributed by atoms with Crippen LogP contribution in [0.15, 0.2) is 237 Å². The molecule has 0 atom stereocenters. The molecule has 1 aliphatic carbocycles. The molecule has 0 aliphatic heterocycles. The molecule has 0 spiro atoms. The van der Waals surface area contributed by atoms with Gasteiger partial charge in [-0.1, -0.05) is 231 Å². The van der Waals surface area contributed by atoms with E-state index in [-0.39, 0.29) is 0 Å². The lowest BCUT2D eigenvalue weighted by Crippen LogP contribution is -2.28. The van der Waals surface area contributed by atoms with Gasteiger partial charge in [0.05, 0.1) is 5.41 Å². The number of nitrogens with zero attached hydrogens (tertiary/aromatic N) is 3. The maximum atomic E-state index is 5.10. The van der Waals surface area contributed by atoms with E-state index in [1.807, 2.05) is 12.1 Å². The van der Waals surface area contributed by atoms with Gasteiger partial charge in [0.2, 0.25) is 0 Å². The fourth-order valence-electron chi connectivity index (χ4n) is 9.08. The third-order valence-electron chi connectivity index (χ3n) is 12.1. The zero-order valence-corrected chi connectivity index (χ0v) is 33.4. The summed E-state index contributed by atoms with van der Waals surface area (Å²) in [7, 11) is 0. The first kappa shape index (κ1) is 36.1. The lowest BCUT2D eigenvalue weighted by molar-refractivity contribution is 0.769. The van der Waals surface area contributed by atoms with Gasteiger partial charge in [0, 0.05) is 16.7 Å². The Hall–Kier alpha value is -8.01. The van der Waals surface area contributed by atoms with Crippen LogP contribution in [0.3, 0.4) is 0 Å². The summed E-state index contributed by atoms with van der Waals surface area (Å²) < 4.78 is 0. The Morgan fingerprint density at radius 3 is 0.984 bits per heavy atom. The molecule has 11 rings (SSSR count). The summed E-state index contributed by atoms with van der Waals surface area (Å²) in [5.74, 6) is 1.89. The molecule has 1 heterocycles. The van der Waals surface area contributed by atoms with E-state index in [0.29, 0.717) is 17.5 Å². The number of aromatic nitrogens is 3. The summed E-state index contributed by atoms with van der Waals surface area (Å²) in [6.07, 6.45) is 0. The summed E-state index contributed by atoms with van der Waals surface area (Å²) in [5, 5.41) is 0. The first-order valence-electron chi connectivity index (χ1n) is 20.8. The smallest absolute Gasteiger partial charge is 0.164 e. The molecule has 0 unspecified atom stereocenters. The number of hydrogen-bond donors (Lipinski definition) is 0. The summed E-state index contributed by atoms with van der Waals surface area (Å²) in [6.45, 7) is 0. The molecule has 0 fully saturated rings. The normalized spacial score (nSPS) is 12.4. The van der Waals surface area contributed by atoms with Crippen molar-refractivity contribution in [3.05, 3.63) is 259 Å². The van der Waals surface area contributed by atoms with Gasteiger partial charge < -0.3 is 0 Å². The fourth-order valence-corrected chi connectivity index (χ4v) is 9.08. The molecule has 0 saturated heterocycles. The van der Waals surface area contributed by atoms with E-state index in [2.05, 4.69) is 224 Å². The van der Waals surface area contributed by atoms with Gasteiger partial charge in [-0.15, -0.1) is 0 Å². The Bertz CT molecular complexity index is 2990. The number of benzene rings is 9. The van der Waals surface area contributed by atoms with Crippen LogP contribution in [0.5, 0.6) is 0 Å². The quantitative estimate of drug-likeness (QED) is 0.154. The number of fused-ring (bicyclic) bond motifs is 3. The molecule has 0 bridgehead atoms. The lowest BCUT2D eigenvalue weighted by Gasteiger charge is -2.34. The van der Waals surface area contributed by atoms with Gasteiger partial charge >= 0.3 is 0 Å². The summed E-state index contributed by atoms with van der Waals surface area (Å²) in [5.41, 5.74) is 16.9. The zero-order valence-electron chi connectivity index (χ0n) is 33.4. The molecular formula is C58H39N3. The minimum atomic E-state index is -0.458. The van der Waals surface area contributed by atoms with Crippen molar-refractivity contribution in [1.29, 1.82) is 0 Å². The summed E-state index contributed by atoms with van der Waals surface area (Å²) >= 11 is 0. The minimum absolute atomic E-state index is 0.458. The molecule has 3 nitrogen and oxygen atoms in total. The highest BCUT2D eigenvalue weighted by Crippen LogP contribution is 2.56. The van der Waals surface area contributed by atoms with Gasteiger partial charge in [0.1, 0.15) is 0 Å². The Kier molecular flexibility index (Phi) is 9.05. The van der Waals surface area contributed by atoms with Crippen LogP contribution < -0.4 is 0 Å². The minimum Gasteiger partial charge on any atom is -0.208 e. The number of hydrogen-bond acceptors (Lipinski definition) is 3. The third kappa shape index (κ3) is 6.44. The first-order chi connectivity index (χ1) is 30.2. The first-order valence-corrected chi connectivity index (χ1v) is 20.8. The van der Waals surface area contributed by atoms with E-state index in [9.17, 15) is 0 Å². The van der Waals surface area contributed by atoms with Crippen molar-refractivity contribution in [2.24, 2.45) is 0 Å². The van der Waals surface area contributed by atoms with Crippen LogP contribution in [0, 0.1) is 0 Å². The van der Waals surface area contributed by atoms with Crippen LogP contribution in [0.4, 0.5) is 0 Å². The van der Waals surface area contributed by atoms with Crippen LogP contribution in [0.1, 0.15) is 22.3 Å². The molecule has 1 aliphatic rings. The third-order valence-corrected chi connectivity index (χ3v) is 12.1. The molecule has 3 heteroatoms. The highest BCUT2D eigenvalue weighted by Gasteiger charge is 2.46. The summed E-state index contributed by atoms with van der Waals surface area (Å²) in [6, 6.07) is 84.2. The van der Waals surface area contributed by atoms with E-state index in [0.717, 1.165) is 38.9 Å². The van der Waals surface area contributed by atoms with Gasteiger partial charge in [0.15, 0.2) is 17.5 Å². The molecule has 1 aromatic heterocycles. The predicted octanol–water partition coefficient (Wildman–Crippen LogP) is 14.2. The molecule has 9 aromatic carbocycles. The molecule has 61 heavy (non-hydrogen) atoms. The van der Waals surface area contributed by atoms with Crippen molar-refractivity contribution >= 4 is 0 Å². The highest BCUT2D eigenvalue weighted by molar-refractivity contribution is 5.88. The fraction of sp³-hybridized carbons (Fsp3) is 0.0172. The van der Waals surface area contributed by atoms with Gasteiger partial charge in [-0.05, 0) is 72.8 Å². The Balaban J connectivity index is 0.996. The molecule has 0 saturated carbocycles. The Morgan fingerprint density at radius 1 is 0.230 bits per heavy atom. The molecule has 10 aromatic rings. The SMILES string of the molecule is c1ccc(-c2ccc(-c3nc(-c4ccc(-c5ccccc5)cc4)nc(-c4ccc(-c5ccc6c(c5)C(c5ccccc5)(c5ccccc5)c5ccccc5-6)cc4)n3)cc2)cc1. The standard InChI is InChI=1S/C58H39N3/c1-5-15-40(16-6-1)42-25-31-45(32-26-42)55-59-56(46-33-27-43(28-34-46)41-17-7-2-8-18-41)61-57(60-55)47-35-29-44(30-36-47)48-37-38-52-51-23-13-14-24-53(51)58(54(52)39-48,49-19-9-3-10-20-49)50-21-11-4-12-22-50/h1-39H. The maximum Gasteiger partial charge on any atom is 0.164 e. The van der Waals surface area contributed by atoms with Crippen LogP contribution in [-0.2, 0) is 5.41 Å². The second-order valence-corrected chi connectivity index (χ2v) is 15.6. The predicted molar refractivity (Wildman–Crippen MR) is 250 cm³/mol. The van der Waals surface area contributed by atoms with Gasteiger partial charge in [-0.3, -0.25) is 0 Å². The molecular weight excluding hydrogens is 739 g/mol. The Morgan fingerprint density at radius 2 is 0.541 bits per heavy atom.